The maximum Gasteiger partial charge on any atom is 1.00 e. The Morgan fingerprint density at radius 3 is 1.81 bits per heavy atom. The van der Waals surface area contributed by atoms with Crippen LogP contribution in [0.1, 0.15) is 31.8 Å². The van der Waals surface area contributed by atoms with E-state index in [9.17, 15) is 22.6 Å². The first-order valence-electron chi connectivity index (χ1n) is 10.6. The monoisotopic (exact) mass is 523 g/mol. The molecule has 4 aromatic carbocycles. The molecule has 0 aliphatic heterocycles. The largest absolute Gasteiger partial charge is 1.00 e. The van der Waals surface area contributed by atoms with Crippen molar-refractivity contribution < 1.29 is 56.9 Å². The van der Waals surface area contributed by atoms with Gasteiger partial charge in [-0.2, -0.15) is 0 Å². The van der Waals surface area contributed by atoms with E-state index >= 15 is 0 Å². The second-order valence-electron chi connectivity index (χ2n) is 8.06. The van der Waals surface area contributed by atoms with Gasteiger partial charge in [0.15, 0.2) is 11.6 Å². The Kier molecular flexibility index (Phi) is 7.13. The first kappa shape index (κ1) is 26.4. The molecular formula is C26H18N3NaO6S. The molecule has 0 atom stereocenters. The van der Waals surface area contributed by atoms with Gasteiger partial charge < -0.3 is 26.1 Å². The van der Waals surface area contributed by atoms with Gasteiger partial charge in [0.1, 0.15) is 21.6 Å². The maximum atomic E-state index is 13.4. The molecule has 11 heteroatoms. The Morgan fingerprint density at radius 1 is 0.757 bits per heavy atom. The Hall–Kier alpha value is -3.67. The van der Waals surface area contributed by atoms with Crippen LogP contribution in [0.2, 0.25) is 0 Å². The average Bonchev–Trinajstić information content (AvgIpc) is 2.85. The molecule has 0 aromatic heterocycles. The molecule has 0 heterocycles. The van der Waals surface area contributed by atoms with Gasteiger partial charge in [0.25, 0.3) is 0 Å². The molecular weight excluding hydrogens is 505 g/mol. The van der Waals surface area contributed by atoms with Gasteiger partial charge in [0, 0.05) is 22.5 Å². The molecule has 0 fully saturated rings. The van der Waals surface area contributed by atoms with E-state index in [1.54, 1.807) is 60.7 Å². The van der Waals surface area contributed by atoms with Gasteiger partial charge >= 0.3 is 29.6 Å². The fraction of sp³-hybridized carbons (Fsp3) is 0. The summed E-state index contributed by atoms with van der Waals surface area (Å²) in [5.41, 5.74) is 11.9. The van der Waals surface area contributed by atoms with Crippen molar-refractivity contribution in [2.24, 2.45) is 0 Å². The number of nitrogens with two attached hydrogens (primary N) is 2. The minimum absolute atomic E-state index is 0. The fourth-order valence-electron chi connectivity index (χ4n) is 4.03. The number of anilines is 4. The van der Waals surface area contributed by atoms with Crippen LogP contribution in [0.3, 0.4) is 0 Å². The molecule has 37 heavy (non-hydrogen) atoms. The molecule has 0 radical (unpaired) electrons. The number of rotatable bonds is 5. The molecule has 5 rings (SSSR count). The summed E-state index contributed by atoms with van der Waals surface area (Å²) in [5.74, 6) is -0.0794. The topological polar surface area (TPSA) is 165 Å². The standard InChI is InChI=1S/C26H19N3O6S.Na/c27-14-5-9-16(10-6-14)35-17-11-7-15(8-12-17)29-20-13-21(36(32,33)34)24(28)23-22(20)25(30)18-3-1-2-4-19(18)26(23)31;/h1-13,29H,27-28H2,(H,32,33,34);/q;+1/p-1. The van der Waals surface area contributed by atoms with Gasteiger partial charge in [-0.3, -0.25) is 9.59 Å². The summed E-state index contributed by atoms with van der Waals surface area (Å²) >= 11 is 0. The van der Waals surface area contributed by atoms with Crippen LogP contribution >= 0.6 is 0 Å². The van der Waals surface area contributed by atoms with E-state index in [0.717, 1.165) is 6.07 Å². The number of hydrogen-bond donors (Lipinski definition) is 3. The number of carbonyl (C=O) groups is 2. The van der Waals surface area contributed by atoms with E-state index in [2.05, 4.69) is 5.32 Å². The van der Waals surface area contributed by atoms with Gasteiger partial charge in [-0.1, -0.05) is 24.3 Å². The van der Waals surface area contributed by atoms with Crippen molar-refractivity contribution in [1.82, 2.24) is 0 Å². The normalized spacial score (nSPS) is 12.2. The number of ether oxygens (including phenoxy) is 1. The van der Waals surface area contributed by atoms with Crippen LogP contribution in [0.15, 0.2) is 83.8 Å². The van der Waals surface area contributed by atoms with Crippen LogP contribution in [0.25, 0.3) is 0 Å². The number of nitrogen functional groups attached to an aromatic ring is 2. The molecule has 0 amide bonds. The number of ketones is 2. The van der Waals surface area contributed by atoms with Crippen LogP contribution < -0.4 is 51.1 Å². The van der Waals surface area contributed by atoms with Crippen molar-refractivity contribution in [2.45, 2.75) is 4.90 Å². The number of hydrogen-bond acceptors (Lipinski definition) is 9. The number of benzene rings is 4. The average molecular weight is 524 g/mol. The fourth-order valence-corrected chi connectivity index (χ4v) is 4.67. The van der Waals surface area contributed by atoms with E-state index < -0.39 is 32.3 Å². The first-order chi connectivity index (χ1) is 17.1. The van der Waals surface area contributed by atoms with E-state index in [-0.39, 0.29) is 57.5 Å². The van der Waals surface area contributed by atoms with E-state index in [0.29, 0.717) is 22.9 Å². The SMILES string of the molecule is Nc1ccc(Oc2ccc(Nc3cc(S(=O)(=O)[O-])c(N)c4c3C(=O)c3ccccc3C4=O)cc2)cc1.[Na+]. The molecule has 0 saturated heterocycles. The molecule has 0 bridgehead atoms. The summed E-state index contributed by atoms with van der Waals surface area (Å²) in [5, 5.41) is 2.95. The van der Waals surface area contributed by atoms with Crippen molar-refractivity contribution in [3.05, 3.63) is 101 Å². The minimum Gasteiger partial charge on any atom is -0.744 e. The maximum absolute atomic E-state index is 13.4. The van der Waals surface area contributed by atoms with Gasteiger partial charge in [-0.25, -0.2) is 8.42 Å². The van der Waals surface area contributed by atoms with Crippen LogP contribution in [0.5, 0.6) is 11.5 Å². The third-order valence-electron chi connectivity index (χ3n) is 5.72. The van der Waals surface area contributed by atoms with Gasteiger partial charge in [-0.05, 0) is 54.6 Å². The number of nitrogens with one attached hydrogen (secondary N) is 1. The molecule has 5 N–H and O–H groups in total. The summed E-state index contributed by atoms with van der Waals surface area (Å²) in [7, 11) is -5.05. The van der Waals surface area contributed by atoms with E-state index in [1.807, 2.05) is 0 Å². The molecule has 0 unspecified atom stereocenters. The third-order valence-corrected chi connectivity index (χ3v) is 6.59. The van der Waals surface area contributed by atoms with Crippen LogP contribution in [-0.4, -0.2) is 24.5 Å². The molecule has 1 aliphatic carbocycles. The van der Waals surface area contributed by atoms with Crippen molar-refractivity contribution in [3.63, 3.8) is 0 Å². The summed E-state index contributed by atoms with van der Waals surface area (Å²) < 4.78 is 41.6. The zero-order chi connectivity index (χ0) is 25.6. The Bertz CT molecular complexity index is 1650. The summed E-state index contributed by atoms with van der Waals surface area (Å²) in [6.07, 6.45) is 0. The quantitative estimate of drug-likeness (QED) is 0.174. The van der Waals surface area contributed by atoms with Crippen molar-refractivity contribution in [3.8, 4) is 11.5 Å². The number of fused-ring (bicyclic) bond motifs is 2. The molecule has 4 aromatic rings. The van der Waals surface area contributed by atoms with Crippen LogP contribution in [0.4, 0.5) is 22.7 Å². The molecule has 1 aliphatic rings. The van der Waals surface area contributed by atoms with Crippen molar-refractivity contribution >= 4 is 44.4 Å². The second kappa shape index (κ2) is 10.0. The van der Waals surface area contributed by atoms with E-state index in [1.165, 1.54) is 12.1 Å². The van der Waals surface area contributed by atoms with Crippen molar-refractivity contribution in [1.29, 1.82) is 0 Å². The minimum atomic E-state index is -5.05. The summed E-state index contributed by atoms with van der Waals surface area (Å²) in [6.45, 7) is 0. The molecule has 0 saturated carbocycles. The summed E-state index contributed by atoms with van der Waals surface area (Å²) in [6, 6.07) is 20.5. The Labute approximate surface area is 234 Å². The first-order valence-corrected chi connectivity index (χ1v) is 12.1. The summed E-state index contributed by atoms with van der Waals surface area (Å²) in [4.78, 5) is 25.8. The van der Waals surface area contributed by atoms with Crippen LogP contribution in [-0.2, 0) is 10.1 Å². The molecule has 0 spiro atoms. The third kappa shape index (κ3) is 4.97. The zero-order valence-corrected chi connectivity index (χ0v) is 22.3. The van der Waals surface area contributed by atoms with E-state index in [4.69, 9.17) is 16.2 Å². The molecule has 180 valence electrons. The van der Waals surface area contributed by atoms with Crippen molar-refractivity contribution in [2.75, 3.05) is 16.8 Å². The second-order valence-corrected chi connectivity index (χ2v) is 9.41. The van der Waals surface area contributed by atoms with Gasteiger partial charge in [0.05, 0.1) is 27.4 Å². The predicted molar refractivity (Wildman–Crippen MR) is 133 cm³/mol. The predicted octanol–water partition coefficient (Wildman–Crippen LogP) is 1.07. The van der Waals surface area contributed by atoms with Gasteiger partial charge in [0.2, 0.25) is 0 Å². The van der Waals surface area contributed by atoms with Crippen LogP contribution in [0, 0.1) is 0 Å². The van der Waals surface area contributed by atoms with Gasteiger partial charge in [-0.15, -0.1) is 0 Å². The molecule has 9 nitrogen and oxygen atoms in total. The Balaban J connectivity index is 0.00000320. The number of carbonyl (C=O) groups excluding carboxylic acids is 2. The zero-order valence-electron chi connectivity index (χ0n) is 19.5. The smallest absolute Gasteiger partial charge is 0.744 e. The Morgan fingerprint density at radius 2 is 1.27 bits per heavy atom.